The highest BCUT2D eigenvalue weighted by atomic mass is 15.0. The second-order valence-electron chi connectivity index (χ2n) is 5.77. The third-order valence-corrected chi connectivity index (χ3v) is 4.39. The maximum Gasteiger partial charge on any atom is 0.0128 e. The van der Waals surface area contributed by atoms with Gasteiger partial charge in [-0.2, -0.15) is 0 Å². The molecule has 2 rings (SSSR count). The summed E-state index contributed by atoms with van der Waals surface area (Å²) in [4.78, 5) is 0. The molecule has 1 heteroatoms. The lowest BCUT2D eigenvalue weighted by atomic mass is 9.68. The zero-order valence-corrected chi connectivity index (χ0v) is 9.92. The summed E-state index contributed by atoms with van der Waals surface area (Å²) in [5.74, 6) is 2.80. The van der Waals surface area contributed by atoms with Crippen molar-refractivity contribution < 1.29 is 0 Å². The van der Waals surface area contributed by atoms with E-state index in [0.29, 0.717) is 0 Å². The highest BCUT2D eigenvalue weighted by Crippen LogP contribution is 2.38. The molecule has 0 spiro atoms. The Hall–Kier alpha value is -0.0400. The van der Waals surface area contributed by atoms with E-state index < -0.39 is 0 Å². The zero-order valence-electron chi connectivity index (χ0n) is 9.92. The van der Waals surface area contributed by atoms with Crippen molar-refractivity contribution in [2.75, 3.05) is 0 Å². The summed E-state index contributed by atoms with van der Waals surface area (Å²) < 4.78 is 0. The molecule has 4 atom stereocenters. The van der Waals surface area contributed by atoms with E-state index in [9.17, 15) is 0 Å². The molecule has 0 radical (unpaired) electrons. The molecular weight excluding hydrogens is 170 g/mol. The smallest absolute Gasteiger partial charge is 0.0128 e. The van der Waals surface area contributed by atoms with Crippen molar-refractivity contribution in [1.29, 1.82) is 0 Å². The summed E-state index contributed by atoms with van der Waals surface area (Å²) in [5, 5.41) is 3.85. The van der Waals surface area contributed by atoms with Crippen molar-refractivity contribution in [3.63, 3.8) is 0 Å². The summed E-state index contributed by atoms with van der Waals surface area (Å²) >= 11 is 0. The van der Waals surface area contributed by atoms with Gasteiger partial charge in [-0.15, -0.1) is 0 Å². The lowest BCUT2D eigenvalue weighted by molar-refractivity contribution is 0.0974. The van der Waals surface area contributed by atoms with Gasteiger partial charge < -0.3 is 5.32 Å². The molecule has 1 aliphatic heterocycles. The van der Waals surface area contributed by atoms with Crippen LogP contribution in [0, 0.1) is 17.8 Å². The van der Waals surface area contributed by atoms with E-state index in [0.717, 1.165) is 29.8 Å². The summed E-state index contributed by atoms with van der Waals surface area (Å²) in [5.41, 5.74) is 0. The highest BCUT2D eigenvalue weighted by Gasteiger charge is 2.37. The molecule has 14 heavy (non-hydrogen) atoms. The molecular formula is C13H25N. The van der Waals surface area contributed by atoms with Crippen LogP contribution < -0.4 is 5.32 Å². The largest absolute Gasteiger partial charge is 0.311 e. The van der Waals surface area contributed by atoms with Gasteiger partial charge in [0.15, 0.2) is 0 Å². The fourth-order valence-corrected chi connectivity index (χ4v) is 3.53. The first-order chi connectivity index (χ1) is 6.68. The average molecular weight is 195 g/mol. The number of rotatable bonds is 1. The van der Waals surface area contributed by atoms with Crippen LogP contribution in [0.25, 0.3) is 0 Å². The Balaban J connectivity index is 2.04. The number of nitrogens with one attached hydrogen (secondary N) is 1. The Labute approximate surface area is 88.7 Å². The van der Waals surface area contributed by atoms with Crippen LogP contribution in [0.15, 0.2) is 0 Å². The molecule has 1 heterocycles. The second kappa shape index (κ2) is 4.22. The minimum atomic E-state index is 0.760. The van der Waals surface area contributed by atoms with Crippen LogP contribution in [-0.4, -0.2) is 12.1 Å². The van der Waals surface area contributed by atoms with E-state index >= 15 is 0 Å². The maximum atomic E-state index is 3.85. The molecule has 0 aromatic carbocycles. The van der Waals surface area contributed by atoms with Crippen LogP contribution in [0.3, 0.4) is 0 Å². The van der Waals surface area contributed by atoms with E-state index in [2.05, 4.69) is 26.1 Å². The van der Waals surface area contributed by atoms with Crippen molar-refractivity contribution in [1.82, 2.24) is 5.32 Å². The Kier molecular flexibility index (Phi) is 3.16. The molecule has 1 nitrogen and oxygen atoms in total. The standard InChI is InChI=1S/C13H25N/c1-9(2)12-6-4-5-11-8-7-10(3)14-13(11)12/h9-14H,4-8H2,1-3H3/t10?,11?,12-,13?/m1/s1. The molecule has 2 aliphatic rings. The lowest BCUT2D eigenvalue weighted by Crippen LogP contribution is -2.53. The van der Waals surface area contributed by atoms with Gasteiger partial charge in [0.05, 0.1) is 0 Å². The number of piperidine rings is 1. The minimum Gasteiger partial charge on any atom is -0.311 e. The molecule has 1 N–H and O–H groups in total. The monoisotopic (exact) mass is 195 g/mol. The van der Waals surface area contributed by atoms with Crippen LogP contribution in [0.2, 0.25) is 0 Å². The molecule has 0 aromatic heterocycles. The van der Waals surface area contributed by atoms with Gasteiger partial charge in [-0.3, -0.25) is 0 Å². The highest BCUT2D eigenvalue weighted by molar-refractivity contribution is 4.93. The van der Waals surface area contributed by atoms with Gasteiger partial charge in [0.25, 0.3) is 0 Å². The van der Waals surface area contributed by atoms with E-state index in [-0.39, 0.29) is 0 Å². The van der Waals surface area contributed by atoms with Gasteiger partial charge >= 0.3 is 0 Å². The summed E-state index contributed by atoms with van der Waals surface area (Å²) in [6, 6.07) is 1.60. The second-order valence-corrected chi connectivity index (χ2v) is 5.77. The number of hydrogen-bond donors (Lipinski definition) is 1. The zero-order chi connectivity index (χ0) is 10.1. The molecule has 3 unspecified atom stereocenters. The minimum absolute atomic E-state index is 0.760. The molecule has 1 saturated carbocycles. The van der Waals surface area contributed by atoms with E-state index in [1.165, 1.54) is 32.1 Å². The van der Waals surface area contributed by atoms with Gasteiger partial charge in [0, 0.05) is 12.1 Å². The fourth-order valence-electron chi connectivity index (χ4n) is 3.53. The Bertz CT molecular complexity index is 188. The first kappa shape index (κ1) is 10.5. The predicted molar refractivity (Wildman–Crippen MR) is 61.3 cm³/mol. The van der Waals surface area contributed by atoms with E-state index in [4.69, 9.17) is 0 Å². The van der Waals surface area contributed by atoms with Crippen LogP contribution in [0.5, 0.6) is 0 Å². The molecule has 0 aromatic rings. The fraction of sp³-hybridized carbons (Fsp3) is 1.00. The summed E-state index contributed by atoms with van der Waals surface area (Å²) in [6.45, 7) is 7.14. The summed E-state index contributed by atoms with van der Waals surface area (Å²) in [6.07, 6.45) is 7.28. The van der Waals surface area contributed by atoms with E-state index in [1.54, 1.807) is 0 Å². The van der Waals surface area contributed by atoms with Gasteiger partial charge in [0.2, 0.25) is 0 Å². The molecule has 0 bridgehead atoms. The first-order valence-corrected chi connectivity index (χ1v) is 6.44. The topological polar surface area (TPSA) is 12.0 Å². The maximum absolute atomic E-state index is 3.85. The third-order valence-electron chi connectivity index (χ3n) is 4.39. The Morgan fingerprint density at radius 1 is 1.07 bits per heavy atom. The van der Waals surface area contributed by atoms with Gasteiger partial charge in [-0.1, -0.05) is 20.3 Å². The Morgan fingerprint density at radius 2 is 1.86 bits per heavy atom. The molecule has 1 saturated heterocycles. The van der Waals surface area contributed by atoms with Gasteiger partial charge in [-0.25, -0.2) is 0 Å². The quantitative estimate of drug-likeness (QED) is 0.677. The predicted octanol–water partition coefficient (Wildman–Crippen LogP) is 3.20. The van der Waals surface area contributed by atoms with Crippen LogP contribution in [0.1, 0.15) is 52.9 Å². The SMILES string of the molecule is CC1CCC2CCC[C@H](C(C)C)C2N1. The van der Waals surface area contributed by atoms with Crippen LogP contribution in [-0.2, 0) is 0 Å². The molecule has 0 amide bonds. The Morgan fingerprint density at radius 3 is 2.57 bits per heavy atom. The van der Waals surface area contributed by atoms with Crippen molar-refractivity contribution in [2.24, 2.45) is 17.8 Å². The molecule has 1 aliphatic carbocycles. The first-order valence-electron chi connectivity index (χ1n) is 6.44. The van der Waals surface area contributed by atoms with Crippen LogP contribution >= 0.6 is 0 Å². The van der Waals surface area contributed by atoms with Crippen LogP contribution in [0.4, 0.5) is 0 Å². The molecule has 2 fully saturated rings. The van der Waals surface area contributed by atoms with Crippen molar-refractivity contribution >= 4 is 0 Å². The molecule has 82 valence electrons. The summed E-state index contributed by atoms with van der Waals surface area (Å²) in [7, 11) is 0. The van der Waals surface area contributed by atoms with Crippen molar-refractivity contribution in [3.8, 4) is 0 Å². The number of fused-ring (bicyclic) bond motifs is 1. The van der Waals surface area contributed by atoms with Crippen molar-refractivity contribution in [3.05, 3.63) is 0 Å². The van der Waals surface area contributed by atoms with Crippen molar-refractivity contribution in [2.45, 2.75) is 65.0 Å². The normalized spacial score (nSPS) is 43.7. The lowest BCUT2D eigenvalue weighted by Gasteiger charge is -2.46. The van der Waals surface area contributed by atoms with E-state index in [1.807, 2.05) is 0 Å². The number of hydrogen-bond acceptors (Lipinski definition) is 1. The average Bonchev–Trinajstić information content (AvgIpc) is 2.16. The van der Waals surface area contributed by atoms with Gasteiger partial charge in [0.1, 0.15) is 0 Å². The third kappa shape index (κ3) is 1.98. The van der Waals surface area contributed by atoms with Gasteiger partial charge in [-0.05, 0) is 50.4 Å².